The largest absolute Gasteiger partial charge is 0.480 e. The number of ether oxygens (including phenoxy) is 2. The number of hydrogen-bond acceptors (Lipinski definition) is 4. The van der Waals surface area contributed by atoms with Crippen molar-refractivity contribution in [2.75, 3.05) is 6.79 Å². The third-order valence-corrected chi connectivity index (χ3v) is 3.31. The summed E-state index contributed by atoms with van der Waals surface area (Å²) in [5, 5.41) is 8.95. The van der Waals surface area contributed by atoms with Gasteiger partial charge in [-0.25, -0.2) is 0 Å². The lowest BCUT2D eigenvalue weighted by atomic mass is 10.00. The summed E-state index contributed by atoms with van der Waals surface area (Å²) in [6, 6.07) is 0.628. The van der Waals surface area contributed by atoms with Gasteiger partial charge in [0.2, 0.25) is 6.79 Å². The van der Waals surface area contributed by atoms with Crippen LogP contribution in [0.25, 0.3) is 0 Å². The summed E-state index contributed by atoms with van der Waals surface area (Å²) in [5.74, 6) is -0.154. The van der Waals surface area contributed by atoms with Crippen LogP contribution in [0, 0.1) is 6.92 Å². The highest BCUT2D eigenvalue weighted by atomic mass is 79.9. The van der Waals surface area contributed by atoms with Crippen LogP contribution >= 0.6 is 15.9 Å². The highest BCUT2D eigenvalue weighted by molar-refractivity contribution is 9.10. The zero-order valence-corrected chi connectivity index (χ0v) is 10.1. The highest BCUT2D eigenvalue weighted by Gasteiger charge is 2.28. The molecule has 16 heavy (non-hydrogen) atoms. The monoisotopic (exact) mass is 287 g/mol. The summed E-state index contributed by atoms with van der Waals surface area (Å²) in [4.78, 5) is 10.9. The summed E-state index contributed by atoms with van der Waals surface area (Å²) < 4.78 is 11.2. The molecule has 1 aromatic rings. The van der Waals surface area contributed by atoms with Crippen LogP contribution in [0.1, 0.15) is 17.2 Å². The van der Waals surface area contributed by atoms with Crippen LogP contribution in [-0.2, 0) is 4.79 Å². The maximum Gasteiger partial charge on any atom is 0.325 e. The average molecular weight is 288 g/mol. The van der Waals surface area contributed by atoms with E-state index >= 15 is 0 Å². The second-order valence-electron chi connectivity index (χ2n) is 3.45. The Hall–Kier alpha value is -1.27. The van der Waals surface area contributed by atoms with Crippen LogP contribution in [0.15, 0.2) is 10.5 Å². The van der Waals surface area contributed by atoms with E-state index in [-0.39, 0.29) is 6.79 Å². The number of rotatable bonds is 2. The van der Waals surface area contributed by atoms with E-state index in [0.717, 1.165) is 10.0 Å². The first kappa shape index (κ1) is 11.2. The third kappa shape index (κ3) is 1.64. The number of benzene rings is 1. The number of fused-ring (bicyclic) bond motifs is 1. The molecular weight excluding hydrogens is 278 g/mol. The van der Waals surface area contributed by atoms with Crippen molar-refractivity contribution < 1.29 is 19.4 Å². The predicted octanol–water partition coefficient (Wildman–Crippen LogP) is 1.57. The number of nitrogens with two attached hydrogens (primary N) is 1. The lowest BCUT2D eigenvalue weighted by Crippen LogP contribution is -2.22. The summed E-state index contributed by atoms with van der Waals surface area (Å²) in [6.07, 6.45) is 0. The Labute approximate surface area is 100 Å². The molecule has 1 unspecified atom stereocenters. The second-order valence-corrected chi connectivity index (χ2v) is 4.30. The SMILES string of the molecule is Cc1c(Br)cc2c(c1C(N)C(=O)O)OCO2. The molecule has 1 aliphatic heterocycles. The van der Waals surface area contributed by atoms with Crippen LogP contribution in [0.4, 0.5) is 0 Å². The van der Waals surface area contributed by atoms with Gasteiger partial charge in [-0.05, 0) is 18.6 Å². The number of aliphatic carboxylic acids is 1. The zero-order chi connectivity index (χ0) is 11.9. The van der Waals surface area contributed by atoms with Crippen LogP contribution in [0.2, 0.25) is 0 Å². The van der Waals surface area contributed by atoms with E-state index in [1.165, 1.54) is 0 Å². The van der Waals surface area contributed by atoms with Crippen molar-refractivity contribution in [3.63, 3.8) is 0 Å². The number of carboxylic acid groups (broad SMARTS) is 1. The molecule has 0 bridgehead atoms. The van der Waals surface area contributed by atoms with Gasteiger partial charge in [-0.3, -0.25) is 4.79 Å². The van der Waals surface area contributed by atoms with Crippen LogP contribution in [-0.4, -0.2) is 17.9 Å². The molecular formula is C10H10BrNO4. The van der Waals surface area contributed by atoms with Gasteiger partial charge in [-0.15, -0.1) is 0 Å². The molecule has 0 saturated heterocycles. The van der Waals surface area contributed by atoms with E-state index < -0.39 is 12.0 Å². The van der Waals surface area contributed by atoms with Gasteiger partial charge in [-0.1, -0.05) is 15.9 Å². The van der Waals surface area contributed by atoms with E-state index in [2.05, 4.69) is 15.9 Å². The number of carboxylic acids is 1. The number of hydrogen-bond donors (Lipinski definition) is 2. The smallest absolute Gasteiger partial charge is 0.325 e. The van der Waals surface area contributed by atoms with E-state index in [4.69, 9.17) is 20.3 Å². The summed E-state index contributed by atoms with van der Waals surface area (Å²) >= 11 is 3.33. The molecule has 1 atom stereocenters. The van der Waals surface area contributed by atoms with Crippen molar-refractivity contribution >= 4 is 21.9 Å². The highest BCUT2D eigenvalue weighted by Crippen LogP contribution is 2.43. The molecule has 0 aliphatic carbocycles. The predicted molar refractivity (Wildman–Crippen MR) is 59.6 cm³/mol. The van der Waals surface area contributed by atoms with Crippen molar-refractivity contribution in [3.8, 4) is 11.5 Å². The Balaban J connectivity index is 2.63. The fraction of sp³-hybridized carbons (Fsp3) is 0.300. The lowest BCUT2D eigenvalue weighted by Gasteiger charge is -2.14. The fourth-order valence-corrected chi connectivity index (χ4v) is 2.05. The van der Waals surface area contributed by atoms with E-state index in [1.54, 1.807) is 13.0 Å². The summed E-state index contributed by atoms with van der Waals surface area (Å²) in [5.41, 5.74) is 6.83. The van der Waals surface area contributed by atoms with Crippen molar-refractivity contribution in [2.45, 2.75) is 13.0 Å². The molecule has 0 fully saturated rings. The molecule has 0 aromatic heterocycles. The molecule has 1 aliphatic rings. The molecule has 0 spiro atoms. The minimum atomic E-state index is -1.12. The van der Waals surface area contributed by atoms with Gasteiger partial charge >= 0.3 is 5.97 Å². The van der Waals surface area contributed by atoms with E-state index in [9.17, 15) is 4.79 Å². The third-order valence-electron chi connectivity index (χ3n) is 2.48. The van der Waals surface area contributed by atoms with Gasteiger partial charge < -0.3 is 20.3 Å². The van der Waals surface area contributed by atoms with Gasteiger partial charge in [0.25, 0.3) is 0 Å². The molecule has 6 heteroatoms. The second kappa shape index (κ2) is 3.95. The molecule has 0 saturated carbocycles. The molecule has 1 aromatic carbocycles. The Morgan fingerprint density at radius 3 is 2.94 bits per heavy atom. The van der Waals surface area contributed by atoms with Crippen molar-refractivity contribution in [1.82, 2.24) is 0 Å². The Kier molecular flexibility index (Phi) is 2.77. The van der Waals surface area contributed by atoms with E-state index in [0.29, 0.717) is 17.1 Å². The van der Waals surface area contributed by atoms with Crippen LogP contribution in [0.3, 0.4) is 0 Å². The molecule has 5 nitrogen and oxygen atoms in total. The first-order chi connectivity index (χ1) is 7.52. The minimum Gasteiger partial charge on any atom is -0.480 e. The summed E-state index contributed by atoms with van der Waals surface area (Å²) in [7, 11) is 0. The summed E-state index contributed by atoms with van der Waals surface area (Å²) in [6.45, 7) is 1.87. The van der Waals surface area contributed by atoms with Crippen molar-refractivity contribution in [1.29, 1.82) is 0 Å². The van der Waals surface area contributed by atoms with Gasteiger partial charge in [-0.2, -0.15) is 0 Å². The molecule has 86 valence electrons. The number of carbonyl (C=O) groups is 1. The molecule has 0 radical (unpaired) electrons. The quantitative estimate of drug-likeness (QED) is 0.863. The average Bonchev–Trinajstić information content (AvgIpc) is 2.66. The Bertz CT molecular complexity index is 461. The first-order valence-corrected chi connectivity index (χ1v) is 5.38. The van der Waals surface area contributed by atoms with Gasteiger partial charge in [0.15, 0.2) is 11.5 Å². The van der Waals surface area contributed by atoms with Gasteiger partial charge in [0, 0.05) is 10.0 Å². The zero-order valence-electron chi connectivity index (χ0n) is 8.49. The van der Waals surface area contributed by atoms with Crippen molar-refractivity contribution in [3.05, 3.63) is 21.7 Å². The molecule has 1 heterocycles. The van der Waals surface area contributed by atoms with Gasteiger partial charge in [0.05, 0.1) is 0 Å². The van der Waals surface area contributed by atoms with Gasteiger partial charge in [0.1, 0.15) is 6.04 Å². The van der Waals surface area contributed by atoms with Crippen LogP contribution in [0.5, 0.6) is 11.5 Å². The van der Waals surface area contributed by atoms with E-state index in [1.807, 2.05) is 0 Å². The van der Waals surface area contributed by atoms with Crippen LogP contribution < -0.4 is 15.2 Å². The maximum atomic E-state index is 10.9. The maximum absolute atomic E-state index is 10.9. The Morgan fingerprint density at radius 2 is 2.31 bits per heavy atom. The normalized spacial score (nSPS) is 14.9. The molecule has 2 rings (SSSR count). The fourth-order valence-electron chi connectivity index (χ4n) is 1.63. The first-order valence-electron chi connectivity index (χ1n) is 4.59. The topological polar surface area (TPSA) is 81.8 Å². The van der Waals surface area contributed by atoms with Crippen molar-refractivity contribution in [2.24, 2.45) is 5.73 Å². The standard InChI is InChI=1S/C10H10BrNO4/c1-4-5(11)2-6-9(16-3-15-6)7(4)8(12)10(13)14/h2,8H,3,12H2,1H3,(H,13,14). The molecule has 3 N–H and O–H groups in total. The minimum absolute atomic E-state index is 0.0879. The lowest BCUT2D eigenvalue weighted by molar-refractivity contribution is -0.138. The molecule has 0 amide bonds. The number of halogens is 1. The Morgan fingerprint density at radius 1 is 1.62 bits per heavy atom.